The van der Waals surface area contributed by atoms with Gasteiger partial charge in [-0.05, 0) is 79.2 Å². The van der Waals surface area contributed by atoms with Crippen molar-refractivity contribution in [2.75, 3.05) is 6.54 Å². The minimum atomic E-state index is -0.0508. The maximum Gasteiger partial charge on any atom is 0.221 e. The molecule has 22 heavy (non-hydrogen) atoms. The van der Waals surface area contributed by atoms with E-state index in [4.69, 9.17) is 5.73 Å². The van der Waals surface area contributed by atoms with Gasteiger partial charge in [-0.1, -0.05) is 19.9 Å². The third kappa shape index (κ3) is 1.77. The lowest BCUT2D eigenvalue weighted by atomic mass is 9.46. The highest BCUT2D eigenvalue weighted by Gasteiger charge is 2.60. The van der Waals surface area contributed by atoms with E-state index in [9.17, 15) is 4.79 Å². The summed E-state index contributed by atoms with van der Waals surface area (Å²) in [6.45, 7) is 6.00. The number of carbonyl (C=O) groups is 1. The van der Waals surface area contributed by atoms with Crippen LogP contribution < -0.4 is 11.1 Å². The first-order valence-electron chi connectivity index (χ1n) is 9.17. The van der Waals surface area contributed by atoms with Gasteiger partial charge in [0.05, 0.1) is 0 Å². The minimum Gasteiger partial charge on any atom is -0.391 e. The average molecular weight is 302 g/mol. The number of amides is 1. The van der Waals surface area contributed by atoms with Crippen LogP contribution in [0.1, 0.15) is 52.4 Å². The molecule has 3 nitrogen and oxygen atoms in total. The second kappa shape index (κ2) is 4.75. The third-order valence-electron chi connectivity index (χ3n) is 8.23. The Morgan fingerprint density at radius 1 is 1.14 bits per heavy atom. The van der Waals surface area contributed by atoms with Crippen molar-refractivity contribution in [3.63, 3.8) is 0 Å². The van der Waals surface area contributed by atoms with Crippen molar-refractivity contribution in [3.05, 3.63) is 12.3 Å². The molecule has 3 N–H and O–H groups in total. The highest BCUT2D eigenvalue weighted by molar-refractivity contribution is 5.78. The van der Waals surface area contributed by atoms with Crippen LogP contribution in [0, 0.1) is 40.4 Å². The van der Waals surface area contributed by atoms with Crippen molar-refractivity contribution < 1.29 is 4.79 Å². The molecule has 3 heteroatoms. The highest BCUT2D eigenvalue weighted by Crippen LogP contribution is 2.65. The first kappa shape index (κ1) is 14.6. The number of carbonyl (C=O) groups excluding carboxylic acids is 1. The number of nitrogens with one attached hydrogen (secondary N) is 1. The summed E-state index contributed by atoms with van der Waals surface area (Å²) in [5, 5.41) is 3.44. The molecular weight excluding hydrogens is 272 g/mol. The zero-order valence-corrected chi connectivity index (χ0v) is 14.0. The summed E-state index contributed by atoms with van der Waals surface area (Å²) in [4.78, 5) is 11.9. The van der Waals surface area contributed by atoms with Crippen LogP contribution in [0.25, 0.3) is 0 Å². The lowest BCUT2D eigenvalue weighted by Crippen LogP contribution is -2.54. The Balaban J connectivity index is 1.66. The molecule has 1 heterocycles. The summed E-state index contributed by atoms with van der Waals surface area (Å²) >= 11 is 0. The summed E-state index contributed by atoms with van der Waals surface area (Å²) in [6, 6.07) is 0. The number of hydrogen-bond donors (Lipinski definition) is 2. The molecule has 0 unspecified atom stereocenters. The quantitative estimate of drug-likeness (QED) is 0.782. The van der Waals surface area contributed by atoms with Gasteiger partial charge in [0.1, 0.15) is 0 Å². The third-order valence-corrected chi connectivity index (χ3v) is 8.23. The predicted octanol–water partition coefficient (Wildman–Crippen LogP) is 3.06. The SMILES string of the molecule is C[C@]12C=CNC[C@@H]1CC[C@@H]1[C@@H]2CC[C@]2(C)[C@@H](C(N)=O)CC[C@@H]12. The van der Waals surface area contributed by atoms with Crippen LogP contribution in [0.2, 0.25) is 0 Å². The van der Waals surface area contributed by atoms with Gasteiger partial charge in [0.15, 0.2) is 0 Å². The van der Waals surface area contributed by atoms with Gasteiger partial charge in [-0.15, -0.1) is 0 Å². The summed E-state index contributed by atoms with van der Waals surface area (Å²) in [5.74, 6) is 3.17. The lowest BCUT2D eigenvalue weighted by molar-refractivity contribution is -0.130. The van der Waals surface area contributed by atoms with E-state index in [0.29, 0.717) is 11.3 Å². The fourth-order valence-electron chi connectivity index (χ4n) is 6.97. The number of primary amides is 1. The van der Waals surface area contributed by atoms with Crippen LogP contribution in [0.5, 0.6) is 0 Å². The second-order valence-electron chi connectivity index (χ2n) is 8.84. The lowest BCUT2D eigenvalue weighted by Gasteiger charge is -2.58. The Morgan fingerprint density at radius 3 is 2.73 bits per heavy atom. The Kier molecular flexibility index (Phi) is 3.15. The topological polar surface area (TPSA) is 55.1 Å². The number of allylic oxidation sites excluding steroid dienone is 1. The summed E-state index contributed by atoms with van der Waals surface area (Å²) in [6.07, 6.45) is 12.0. The van der Waals surface area contributed by atoms with Gasteiger partial charge in [-0.25, -0.2) is 0 Å². The predicted molar refractivity (Wildman–Crippen MR) is 87.7 cm³/mol. The molecule has 0 bridgehead atoms. The first-order chi connectivity index (χ1) is 10.5. The molecule has 3 saturated carbocycles. The molecule has 1 amide bonds. The Bertz CT molecular complexity index is 516. The Labute approximate surface area is 134 Å². The molecule has 4 aliphatic rings. The van der Waals surface area contributed by atoms with Gasteiger partial charge in [-0.3, -0.25) is 4.79 Å². The number of hydrogen-bond acceptors (Lipinski definition) is 2. The minimum absolute atomic E-state index is 0.0508. The monoisotopic (exact) mass is 302 g/mol. The molecule has 0 spiro atoms. The smallest absolute Gasteiger partial charge is 0.221 e. The fourth-order valence-corrected chi connectivity index (χ4v) is 6.97. The van der Waals surface area contributed by atoms with Crippen molar-refractivity contribution in [2.45, 2.75) is 52.4 Å². The molecule has 0 saturated heterocycles. The number of nitrogens with two attached hydrogens (primary N) is 1. The summed E-state index contributed by atoms with van der Waals surface area (Å²) in [7, 11) is 0. The van der Waals surface area contributed by atoms with E-state index in [0.717, 1.165) is 30.7 Å². The van der Waals surface area contributed by atoms with Gasteiger partial charge in [0.2, 0.25) is 5.91 Å². The normalized spacial score (nSPS) is 53.1. The van der Waals surface area contributed by atoms with E-state index in [1.807, 2.05) is 0 Å². The van der Waals surface area contributed by atoms with Crippen LogP contribution in [0.4, 0.5) is 0 Å². The molecule has 7 atom stereocenters. The van der Waals surface area contributed by atoms with Gasteiger partial charge in [0, 0.05) is 12.5 Å². The van der Waals surface area contributed by atoms with Gasteiger partial charge in [-0.2, -0.15) is 0 Å². The molecule has 3 aliphatic carbocycles. The second-order valence-corrected chi connectivity index (χ2v) is 8.84. The molecular formula is C19H30N2O. The van der Waals surface area contributed by atoms with Crippen LogP contribution in [-0.2, 0) is 4.79 Å². The summed E-state index contributed by atoms with van der Waals surface area (Å²) in [5.41, 5.74) is 6.27. The van der Waals surface area contributed by atoms with E-state index in [-0.39, 0.29) is 17.2 Å². The van der Waals surface area contributed by atoms with Gasteiger partial charge in [0.25, 0.3) is 0 Å². The molecule has 0 radical (unpaired) electrons. The van der Waals surface area contributed by atoms with E-state index in [1.54, 1.807) is 0 Å². The van der Waals surface area contributed by atoms with Crippen molar-refractivity contribution in [1.29, 1.82) is 0 Å². The van der Waals surface area contributed by atoms with Crippen LogP contribution in [0.3, 0.4) is 0 Å². The zero-order valence-electron chi connectivity index (χ0n) is 14.0. The van der Waals surface area contributed by atoms with E-state index < -0.39 is 0 Å². The van der Waals surface area contributed by atoms with Crippen LogP contribution >= 0.6 is 0 Å². The van der Waals surface area contributed by atoms with E-state index in [2.05, 4.69) is 31.4 Å². The highest BCUT2D eigenvalue weighted by atomic mass is 16.1. The molecule has 0 aromatic rings. The molecule has 0 aromatic carbocycles. The maximum atomic E-state index is 11.9. The molecule has 122 valence electrons. The van der Waals surface area contributed by atoms with Crippen molar-refractivity contribution in [1.82, 2.24) is 5.32 Å². The Morgan fingerprint density at radius 2 is 1.95 bits per heavy atom. The summed E-state index contributed by atoms with van der Waals surface area (Å²) < 4.78 is 0. The van der Waals surface area contributed by atoms with Crippen LogP contribution in [-0.4, -0.2) is 12.5 Å². The van der Waals surface area contributed by atoms with Gasteiger partial charge >= 0.3 is 0 Å². The van der Waals surface area contributed by atoms with Gasteiger partial charge < -0.3 is 11.1 Å². The fraction of sp³-hybridized carbons (Fsp3) is 0.842. The molecule has 4 rings (SSSR count). The van der Waals surface area contributed by atoms with E-state index in [1.165, 1.54) is 32.1 Å². The Hall–Kier alpha value is -0.990. The largest absolute Gasteiger partial charge is 0.391 e. The van der Waals surface area contributed by atoms with Crippen molar-refractivity contribution >= 4 is 5.91 Å². The first-order valence-corrected chi connectivity index (χ1v) is 9.17. The zero-order chi connectivity index (χ0) is 15.5. The van der Waals surface area contributed by atoms with Crippen LogP contribution in [0.15, 0.2) is 12.3 Å². The average Bonchev–Trinajstić information content (AvgIpc) is 2.84. The number of rotatable bonds is 1. The van der Waals surface area contributed by atoms with Crippen molar-refractivity contribution in [3.8, 4) is 0 Å². The molecule has 1 aliphatic heterocycles. The standard InChI is InChI=1S/C19H30N2O/c1-18-9-10-21-11-12(18)3-4-13-14-5-6-16(17(20)22)19(14,2)8-7-15(13)18/h9-10,12-16,21H,3-8,11H2,1-2H3,(H2,20,22)/t12-,13-,14-,15-,16+,18-,19-/m0/s1. The van der Waals surface area contributed by atoms with Crippen molar-refractivity contribution in [2.24, 2.45) is 46.2 Å². The number of fused-ring (bicyclic) bond motifs is 5. The maximum absolute atomic E-state index is 11.9. The molecule has 0 aromatic heterocycles. The molecule has 3 fully saturated rings. The van der Waals surface area contributed by atoms with E-state index >= 15 is 0 Å².